The van der Waals surface area contributed by atoms with Crippen LogP contribution < -0.4 is 5.32 Å². The highest BCUT2D eigenvalue weighted by Gasteiger charge is 2.45. The molecular weight excluding hydrogens is 416 g/mol. The molecule has 174 valence electrons. The normalized spacial score (nSPS) is 23.0. The van der Waals surface area contributed by atoms with Gasteiger partial charge in [-0.25, -0.2) is 0 Å². The van der Waals surface area contributed by atoms with E-state index in [4.69, 9.17) is 0 Å². The van der Waals surface area contributed by atoms with Gasteiger partial charge in [-0.2, -0.15) is 0 Å². The van der Waals surface area contributed by atoms with Crippen LogP contribution in [0.1, 0.15) is 31.7 Å². The number of hydrogen-bond acceptors (Lipinski definition) is 4. The first-order valence-electron chi connectivity index (χ1n) is 11.7. The first-order chi connectivity index (χ1) is 15.9. The lowest BCUT2D eigenvalue weighted by Gasteiger charge is -2.42. The molecule has 1 N–H and O–H groups in total. The predicted molar refractivity (Wildman–Crippen MR) is 126 cm³/mol. The molecule has 2 aliphatic heterocycles. The Morgan fingerprint density at radius 3 is 2.64 bits per heavy atom. The second-order valence-corrected chi connectivity index (χ2v) is 9.25. The molecule has 3 heterocycles. The second kappa shape index (κ2) is 9.73. The van der Waals surface area contributed by atoms with E-state index < -0.39 is 5.41 Å². The third-order valence-corrected chi connectivity index (χ3v) is 6.94. The minimum atomic E-state index is -0.707. The topological polar surface area (TPSA) is 82.6 Å². The van der Waals surface area contributed by atoms with Gasteiger partial charge in [0.25, 0.3) is 0 Å². The SMILES string of the molecule is CCNC(=O)[C@@]1(Cc2ccccc2-c2ccncc2)CCCN(C(=O)[C@@H]2CC(=O)N(C)C2)C1. The maximum atomic E-state index is 13.4. The van der Waals surface area contributed by atoms with Gasteiger partial charge in [-0.1, -0.05) is 24.3 Å². The molecule has 0 bridgehead atoms. The van der Waals surface area contributed by atoms with Crippen LogP contribution >= 0.6 is 0 Å². The second-order valence-electron chi connectivity index (χ2n) is 9.25. The fourth-order valence-electron chi connectivity index (χ4n) is 5.22. The van der Waals surface area contributed by atoms with E-state index in [1.165, 1.54) is 0 Å². The van der Waals surface area contributed by atoms with E-state index in [0.717, 1.165) is 29.5 Å². The number of rotatable bonds is 6. The molecule has 4 rings (SSSR count). The molecule has 2 aliphatic rings. The fourth-order valence-corrected chi connectivity index (χ4v) is 5.22. The molecule has 1 aromatic heterocycles. The van der Waals surface area contributed by atoms with Crippen LogP contribution in [-0.4, -0.2) is 65.7 Å². The first kappa shape index (κ1) is 23.0. The summed E-state index contributed by atoms with van der Waals surface area (Å²) in [5.41, 5.74) is 2.51. The summed E-state index contributed by atoms with van der Waals surface area (Å²) in [6.07, 6.45) is 5.82. The van der Waals surface area contributed by atoms with Crippen molar-refractivity contribution in [3.05, 3.63) is 54.4 Å². The zero-order valence-electron chi connectivity index (χ0n) is 19.4. The molecule has 0 aliphatic carbocycles. The highest BCUT2D eigenvalue weighted by atomic mass is 16.2. The monoisotopic (exact) mass is 448 g/mol. The Hall–Kier alpha value is -3.22. The van der Waals surface area contributed by atoms with Crippen LogP contribution in [0, 0.1) is 11.3 Å². The van der Waals surface area contributed by atoms with E-state index in [9.17, 15) is 14.4 Å². The Kier molecular flexibility index (Phi) is 6.77. The lowest BCUT2D eigenvalue weighted by molar-refractivity contribution is -0.144. The number of aromatic nitrogens is 1. The van der Waals surface area contributed by atoms with E-state index in [1.807, 2.05) is 36.1 Å². The fraction of sp³-hybridized carbons (Fsp3) is 0.462. The van der Waals surface area contributed by atoms with Crippen molar-refractivity contribution in [2.45, 2.75) is 32.6 Å². The van der Waals surface area contributed by atoms with Gasteiger partial charge in [0.15, 0.2) is 0 Å². The molecule has 2 fully saturated rings. The average Bonchev–Trinajstić information content (AvgIpc) is 3.18. The Morgan fingerprint density at radius 2 is 1.94 bits per heavy atom. The summed E-state index contributed by atoms with van der Waals surface area (Å²) < 4.78 is 0. The van der Waals surface area contributed by atoms with Gasteiger partial charge in [-0.15, -0.1) is 0 Å². The quantitative estimate of drug-likeness (QED) is 0.736. The lowest BCUT2D eigenvalue weighted by atomic mass is 9.73. The summed E-state index contributed by atoms with van der Waals surface area (Å²) in [5.74, 6) is -0.335. The van der Waals surface area contributed by atoms with Crippen LogP contribution in [0.3, 0.4) is 0 Å². The molecule has 0 spiro atoms. The Balaban J connectivity index is 1.63. The number of carbonyl (C=O) groups excluding carboxylic acids is 3. The molecular formula is C26H32N4O3. The van der Waals surface area contributed by atoms with Crippen molar-refractivity contribution in [3.8, 4) is 11.1 Å². The van der Waals surface area contributed by atoms with Gasteiger partial charge in [0.1, 0.15) is 0 Å². The first-order valence-corrected chi connectivity index (χ1v) is 11.7. The van der Waals surface area contributed by atoms with Gasteiger partial charge in [-0.05, 0) is 55.0 Å². The molecule has 2 atom stereocenters. The summed E-state index contributed by atoms with van der Waals surface area (Å²) in [5, 5.41) is 3.03. The van der Waals surface area contributed by atoms with Crippen molar-refractivity contribution in [3.63, 3.8) is 0 Å². The van der Waals surface area contributed by atoms with Gasteiger partial charge < -0.3 is 15.1 Å². The maximum Gasteiger partial charge on any atom is 0.228 e. The summed E-state index contributed by atoms with van der Waals surface area (Å²) in [6, 6.07) is 12.1. The van der Waals surface area contributed by atoms with E-state index in [1.54, 1.807) is 24.3 Å². The van der Waals surface area contributed by atoms with Gasteiger partial charge in [0.2, 0.25) is 17.7 Å². The van der Waals surface area contributed by atoms with Gasteiger partial charge in [0, 0.05) is 52.0 Å². The summed E-state index contributed by atoms with van der Waals surface area (Å²) in [6.45, 7) is 3.91. The van der Waals surface area contributed by atoms with Gasteiger partial charge >= 0.3 is 0 Å². The minimum absolute atomic E-state index is 0.00614. The molecule has 1 aromatic carbocycles. The molecule has 2 saturated heterocycles. The lowest BCUT2D eigenvalue weighted by Crippen LogP contribution is -2.55. The number of carbonyl (C=O) groups is 3. The summed E-state index contributed by atoms with van der Waals surface area (Å²) in [7, 11) is 1.74. The Bertz CT molecular complexity index is 1030. The van der Waals surface area contributed by atoms with Crippen molar-refractivity contribution >= 4 is 17.7 Å². The number of nitrogens with zero attached hydrogens (tertiary/aromatic N) is 3. The largest absolute Gasteiger partial charge is 0.356 e. The van der Waals surface area contributed by atoms with Crippen LogP contribution in [0.5, 0.6) is 0 Å². The van der Waals surface area contributed by atoms with Crippen molar-refractivity contribution in [2.24, 2.45) is 11.3 Å². The third-order valence-electron chi connectivity index (χ3n) is 6.94. The number of likely N-dealkylation sites (tertiary alicyclic amines) is 2. The number of piperidine rings is 1. The van der Waals surface area contributed by atoms with Crippen molar-refractivity contribution in [1.82, 2.24) is 20.1 Å². The molecule has 2 aromatic rings. The number of benzene rings is 1. The third kappa shape index (κ3) is 4.77. The van der Waals surface area contributed by atoms with Crippen molar-refractivity contribution in [1.29, 1.82) is 0 Å². The summed E-state index contributed by atoms with van der Waals surface area (Å²) >= 11 is 0. The van der Waals surface area contributed by atoms with E-state index in [2.05, 4.69) is 22.4 Å². The zero-order valence-corrected chi connectivity index (χ0v) is 19.4. The molecule has 0 radical (unpaired) electrons. The predicted octanol–water partition coefficient (Wildman–Crippen LogP) is 2.51. The van der Waals surface area contributed by atoms with Crippen LogP contribution in [0.4, 0.5) is 0 Å². The number of hydrogen-bond donors (Lipinski definition) is 1. The van der Waals surface area contributed by atoms with E-state index in [-0.39, 0.29) is 30.1 Å². The highest BCUT2D eigenvalue weighted by molar-refractivity contribution is 5.90. The molecule has 0 unspecified atom stereocenters. The van der Waals surface area contributed by atoms with Gasteiger partial charge in [0.05, 0.1) is 11.3 Å². The molecule has 3 amide bonds. The van der Waals surface area contributed by atoms with Crippen molar-refractivity contribution in [2.75, 3.05) is 33.2 Å². The van der Waals surface area contributed by atoms with Crippen LogP contribution in [-0.2, 0) is 20.8 Å². The number of amides is 3. The highest BCUT2D eigenvalue weighted by Crippen LogP contribution is 2.38. The molecule has 0 saturated carbocycles. The Labute approximate surface area is 195 Å². The van der Waals surface area contributed by atoms with Gasteiger partial charge in [-0.3, -0.25) is 19.4 Å². The average molecular weight is 449 g/mol. The Morgan fingerprint density at radius 1 is 1.18 bits per heavy atom. The minimum Gasteiger partial charge on any atom is -0.356 e. The van der Waals surface area contributed by atoms with Crippen LogP contribution in [0.2, 0.25) is 0 Å². The van der Waals surface area contributed by atoms with Crippen LogP contribution in [0.25, 0.3) is 11.1 Å². The number of pyridine rings is 1. The summed E-state index contributed by atoms with van der Waals surface area (Å²) in [4.78, 5) is 46.3. The van der Waals surface area contributed by atoms with E-state index >= 15 is 0 Å². The van der Waals surface area contributed by atoms with Crippen LogP contribution in [0.15, 0.2) is 48.8 Å². The molecule has 7 heteroatoms. The molecule has 7 nitrogen and oxygen atoms in total. The van der Waals surface area contributed by atoms with Crippen molar-refractivity contribution < 1.29 is 14.4 Å². The number of nitrogens with one attached hydrogen (secondary N) is 1. The zero-order chi connectivity index (χ0) is 23.4. The standard InChI is InChI=1S/C26H32N4O3/c1-3-28-25(33)26(16-20-7-4-5-8-22(20)19-9-12-27-13-10-19)11-6-14-30(18-26)24(32)21-15-23(31)29(2)17-21/h4-5,7-10,12-13,21H,3,6,11,14-18H2,1-2H3,(H,28,33)/t21-,26-/m1/s1. The maximum absolute atomic E-state index is 13.4. The van der Waals surface area contributed by atoms with E-state index in [0.29, 0.717) is 32.6 Å². The molecule has 33 heavy (non-hydrogen) atoms. The smallest absolute Gasteiger partial charge is 0.228 e.